The van der Waals surface area contributed by atoms with E-state index >= 15 is 0 Å². The van der Waals surface area contributed by atoms with Gasteiger partial charge in [-0.15, -0.1) is 0 Å². The Bertz CT molecular complexity index is 380. The van der Waals surface area contributed by atoms with Crippen LogP contribution in [0, 0.1) is 16.7 Å². The predicted octanol–water partition coefficient (Wildman–Crippen LogP) is 5.12. The Kier molecular flexibility index (Phi) is 5.30. The second-order valence-corrected chi connectivity index (χ2v) is 8.58. The van der Waals surface area contributed by atoms with E-state index in [2.05, 4.69) is 50.0 Å². The predicted molar refractivity (Wildman–Crippen MR) is 90.4 cm³/mol. The molecule has 0 aromatic carbocycles. The molecule has 20 heavy (non-hydrogen) atoms. The highest BCUT2D eigenvalue weighted by Gasteiger charge is 2.37. The van der Waals surface area contributed by atoms with Crippen molar-refractivity contribution in [1.29, 1.82) is 0 Å². The van der Waals surface area contributed by atoms with Crippen LogP contribution >= 0.6 is 11.3 Å². The lowest BCUT2D eigenvalue weighted by Gasteiger charge is -2.44. The van der Waals surface area contributed by atoms with Crippen molar-refractivity contribution in [1.82, 2.24) is 5.32 Å². The van der Waals surface area contributed by atoms with Crippen LogP contribution in [0.15, 0.2) is 16.8 Å². The minimum Gasteiger partial charge on any atom is -0.319 e. The van der Waals surface area contributed by atoms with E-state index < -0.39 is 0 Å². The minimum atomic E-state index is 0.485. The first-order valence-corrected chi connectivity index (χ1v) is 9.05. The van der Waals surface area contributed by atoms with Crippen molar-refractivity contribution in [2.45, 2.75) is 59.3 Å². The van der Waals surface area contributed by atoms with Gasteiger partial charge in [-0.3, -0.25) is 0 Å². The summed E-state index contributed by atoms with van der Waals surface area (Å²) in [5.74, 6) is 0.911. The number of nitrogens with one attached hydrogen (secondary N) is 1. The maximum atomic E-state index is 3.46. The molecule has 0 saturated heterocycles. The van der Waals surface area contributed by atoms with Gasteiger partial charge in [-0.2, -0.15) is 11.3 Å². The van der Waals surface area contributed by atoms with E-state index in [1.54, 1.807) is 0 Å². The number of hydrogen-bond donors (Lipinski definition) is 1. The zero-order chi connectivity index (χ0) is 14.6. The van der Waals surface area contributed by atoms with Crippen molar-refractivity contribution in [3.05, 3.63) is 22.4 Å². The Morgan fingerprint density at radius 3 is 2.50 bits per heavy atom. The van der Waals surface area contributed by atoms with Crippen LogP contribution in [-0.4, -0.2) is 13.6 Å². The third-order valence-corrected chi connectivity index (χ3v) is 6.08. The molecule has 0 amide bonds. The third-order valence-electron chi connectivity index (χ3n) is 5.35. The molecule has 2 heteroatoms. The van der Waals surface area contributed by atoms with E-state index in [-0.39, 0.29) is 0 Å². The quantitative estimate of drug-likeness (QED) is 0.794. The van der Waals surface area contributed by atoms with Gasteiger partial charge in [0.1, 0.15) is 0 Å². The first-order chi connectivity index (χ1) is 9.45. The molecule has 1 aliphatic carbocycles. The van der Waals surface area contributed by atoms with Crippen LogP contribution in [0.1, 0.15) is 58.4 Å². The molecule has 0 bridgehead atoms. The standard InChI is InChI=1S/C18H31NS/c1-17(2,3)16-6-10-18(11-7-16,14-19-4)9-5-15-8-12-20-13-15/h8,12-13,16,19H,5-7,9-11,14H2,1-4H3. The summed E-state index contributed by atoms with van der Waals surface area (Å²) in [7, 11) is 2.11. The molecular weight excluding hydrogens is 262 g/mol. The average molecular weight is 294 g/mol. The number of thiophene rings is 1. The number of hydrogen-bond acceptors (Lipinski definition) is 2. The van der Waals surface area contributed by atoms with Crippen molar-refractivity contribution in [3.8, 4) is 0 Å². The van der Waals surface area contributed by atoms with Crippen LogP contribution in [0.25, 0.3) is 0 Å². The SMILES string of the molecule is CNCC1(CCc2ccsc2)CCC(C(C)(C)C)CC1. The molecule has 1 aromatic rings. The molecule has 1 saturated carbocycles. The second-order valence-electron chi connectivity index (χ2n) is 7.80. The van der Waals surface area contributed by atoms with E-state index in [4.69, 9.17) is 0 Å². The van der Waals surface area contributed by atoms with Crippen LogP contribution in [0.4, 0.5) is 0 Å². The molecule has 0 spiro atoms. The van der Waals surface area contributed by atoms with E-state index in [1.165, 1.54) is 50.6 Å². The summed E-state index contributed by atoms with van der Waals surface area (Å²) in [5.41, 5.74) is 2.56. The Morgan fingerprint density at radius 2 is 2.00 bits per heavy atom. The highest BCUT2D eigenvalue weighted by atomic mass is 32.1. The maximum absolute atomic E-state index is 3.46. The van der Waals surface area contributed by atoms with Crippen LogP contribution in [-0.2, 0) is 6.42 Å². The van der Waals surface area contributed by atoms with Gasteiger partial charge in [0.25, 0.3) is 0 Å². The van der Waals surface area contributed by atoms with E-state index in [1.807, 2.05) is 11.3 Å². The first kappa shape index (κ1) is 16.0. The zero-order valence-electron chi connectivity index (χ0n) is 13.7. The highest BCUT2D eigenvalue weighted by Crippen LogP contribution is 2.47. The van der Waals surface area contributed by atoms with E-state index in [0.29, 0.717) is 10.8 Å². The van der Waals surface area contributed by atoms with Gasteiger partial charge in [0, 0.05) is 6.54 Å². The van der Waals surface area contributed by atoms with Crippen LogP contribution < -0.4 is 5.32 Å². The van der Waals surface area contributed by atoms with Gasteiger partial charge in [-0.05, 0) is 84.7 Å². The van der Waals surface area contributed by atoms with Gasteiger partial charge in [0.2, 0.25) is 0 Å². The van der Waals surface area contributed by atoms with Gasteiger partial charge in [-0.1, -0.05) is 20.8 Å². The smallest absolute Gasteiger partial charge is 0.000492 e. The molecule has 2 rings (SSSR count). The van der Waals surface area contributed by atoms with Crippen LogP contribution in [0.3, 0.4) is 0 Å². The molecule has 1 fully saturated rings. The molecule has 0 atom stereocenters. The molecule has 1 nitrogen and oxygen atoms in total. The Hall–Kier alpha value is -0.340. The Balaban J connectivity index is 1.94. The molecule has 1 aromatic heterocycles. The van der Waals surface area contributed by atoms with Crippen molar-refractivity contribution in [2.75, 3.05) is 13.6 Å². The van der Waals surface area contributed by atoms with Gasteiger partial charge in [-0.25, -0.2) is 0 Å². The number of aryl methyl sites for hydroxylation is 1. The summed E-state index contributed by atoms with van der Waals surface area (Å²) >= 11 is 1.83. The topological polar surface area (TPSA) is 12.0 Å². The lowest BCUT2D eigenvalue weighted by Crippen LogP contribution is -2.39. The molecule has 0 radical (unpaired) electrons. The second kappa shape index (κ2) is 6.62. The molecule has 0 aliphatic heterocycles. The highest BCUT2D eigenvalue weighted by molar-refractivity contribution is 7.07. The summed E-state index contributed by atoms with van der Waals surface area (Å²) in [4.78, 5) is 0. The summed E-state index contributed by atoms with van der Waals surface area (Å²) in [6, 6.07) is 2.29. The lowest BCUT2D eigenvalue weighted by molar-refractivity contribution is 0.0813. The van der Waals surface area contributed by atoms with Crippen molar-refractivity contribution in [2.24, 2.45) is 16.7 Å². The van der Waals surface area contributed by atoms with Crippen molar-refractivity contribution >= 4 is 11.3 Å². The Morgan fingerprint density at radius 1 is 1.30 bits per heavy atom. The van der Waals surface area contributed by atoms with Gasteiger partial charge < -0.3 is 5.32 Å². The molecule has 0 unspecified atom stereocenters. The first-order valence-electron chi connectivity index (χ1n) is 8.11. The van der Waals surface area contributed by atoms with Gasteiger partial charge >= 0.3 is 0 Å². The summed E-state index contributed by atoms with van der Waals surface area (Å²) in [6.45, 7) is 8.42. The fourth-order valence-corrected chi connectivity index (χ4v) is 4.53. The Labute approximate surface area is 129 Å². The lowest BCUT2D eigenvalue weighted by atomic mass is 9.62. The van der Waals surface area contributed by atoms with Crippen molar-refractivity contribution < 1.29 is 0 Å². The largest absolute Gasteiger partial charge is 0.319 e. The van der Waals surface area contributed by atoms with E-state index in [0.717, 1.165) is 5.92 Å². The van der Waals surface area contributed by atoms with Crippen molar-refractivity contribution in [3.63, 3.8) is 0 Å². The summed E-state index contributed by atoms with van der Waals surface area (Å²) in [6.07, 6.45) is 8.23. The van der Waals surface area contributed by atoms with Gasteiger partial charge in [0.15, 0.2) is 0 Å². The summed E-state index contributed by atoms with van der Waals surface area (Å²) in [5, 5.41) is 7.98. The molecule has 114 valence electrons. The molecule has 1 heterocycles. The molecule has 1 N–H and O–H groups in total. The fourth-order valence-electron chi connectivity index (χ4n) is 3.83. The third kappa shape index (κ3) is 4.08. The van der Waals surface area contributed by atoms with Crippen LogP contribution in [0.2, 0.25) is 0 Å². The fraction of sp³-hybridized carbons (Fsp3) is 0.778. The van der Waals surface area contributed by atoms with E-state index in [9.17, 15) is 0 Å². The van der Waals surface area contributed by atoms with Crippen LogP contribution in [0.5, 0.6) is 0 Å². The summed E-state index contributed by atoms with van der Waals surface area (Å²) < 4.78 is 0. The average Bonchev–Trinajstić information content (AvgIpc) is 2.89. The number of rotatable bonds is 5. The molecule has 1 aliphatic rings. The zero-order valence-corrected chi connectivity index (χ0v) is 14.5. The maximum Gasteiger partial charge on any atom is 0.000492 e. The normalized spacial score (nSPS) is 27.7. The molecular formula is C18H31NS. The minimum absolute atomic E-state index is 0.485. The monoisotopic (exact) mass is 293 g/mol. The van der Waals surface area contributed by atoms with Gasteiger partial charge in [0.05, 0.1) is 0 Å².